The summed E-state index contributed by atoms with van der Waals surface area (Å²) in [4.78, 5) is 23.4. The Morgan fingerprint density at radius 1 is 1.12 bits per heavy atom. The third kappa shape index (κ3) is 4.75. The van der Waals surface area contributed by atoms with E-state index in [-0.39, 0.29) is 11.0 Å². The molecule has 0 aliphatic carbocycles. The zero-order valence-electron chi connectivity index (χ0n) is 16.3. The minimum absolute atomic E-state index is 0.00430. The van der Waals surface area contributed by atoms with E-state index in [4.69, 9.17) is 0 Å². The number of hydrogen-bond acceptors (Lipinski definition) is 5. The first-order valence-corrected chi connectivity index (χ1v) is 9.40. The second-order valence-corrected chi connectivity index (χ2v) is 8.36. The van der Waals surface area contributed by atoms with E-state index in [0.29, 0.717) is 12.5 Å². The predicted molar refractivity (Wildman–Crippen MR) is 102 cm³/mol. The summed E-state index contributed by atoms with van der Waals surface area (Å²) < 4.78 is 1.66. The van der Waals surface area contributed by atoms with Crippen LogP contribution in [0.15, 0.2) is 29.3 Å². The normalized spacial score (nSPS) is 16.8. The van der Waals surface area contributed by atoms with Crippen molar-refractivity contribution in [1.82, 2.24) is 24.6 Å². The Hall–Kier alpha value is -2.08. The van der Waals surface area contributed by atoms with Crippen molar-refractivity contribution in [3.05, 3.63) is 52.0 Å². The Morgan fingerprint density at radius 3 is 2.46 bits per heavy atom. The molecule has 0 radical (unpaired) electrons. The van der Waals surface area contributed by atoms with Gasteiger partial charge in [0.15, 0.2) is 0 Å². The van der Waals surface area contributed by atoms with Crippen LogP contribution in [-0.2, 0) is 18.5 Å². The molecule has 0 atom stereocenters. The fraction of sp³-hybridized carbons (Fsp3) is 0.600. The number of aryl methyl sites for hydroxylation is 1. The Balaban J connectivity index is 1.57. The van der Waals surface area contributed by atoms with Crippen molar-refractivity contribution in [2.24, 2.45) is 5.92 Å². The molecule has 0 amide bonds. The lowest BCUT2D eigenvalue weighted by Gasteiger charge is -2.31. The van der Waals surface area contributed by atoms with E-state index in [0.717, 1.165) is 49.6 Å². The third-order valence-electron chi connectivity index (χ3n) is 4.99. The second-order valence-electron chi connectivity index (χ2n) is 8.36. The maximum absolute atomic E-state index is 12.2. The first-order valence-electron chi connectivity index (χ1n) is 9.40. The van der Waals surface area contributed by atoms with Crippen molar-refractivity contribution in [1.29, 1.82) is 0 Å². The molecular weight excluding hydrogens is 326 g/mol. The van der Waals surface area contributed by atoms with Gasteiger partial charge < -0.3 is 0 Å². The lowest BCUT2D eigenvalue weighted by molar-refractivity contribution is 0.161. The van der Waals surface area contributed by atoms with Crippen LogP contribution in [-0.4, -0.2) is 37.7 Å². The van der Waals surface area contributed by atoms with Crippen LogP contribution in [0.3, 0.4) is 0 Å². The van der Waals surface area contributed by atoms with Crippen LogP contribution in [0.25, 0.3) is 0 Å². The molecule has 0 aromatic carbocycles. The van der Waals surface area contributed by atoms with Gasteiger partial charge in [-0.3, -0.25) is 19.7 Å². The van der Waals surface area contributed by atoms with Crippen molar-refractivity contribution < 1.29 is 0 Å². The predicted octanol–water partition coefficient (Wildman–Crippen LogP) is 2.55. The minimum Gasteiger partial charge on any atom is -0.297 e. The van der Waals surface area contributed by atoms with Gasteiger partial charge in [0.1, 0.15) is 0 Å². The SMILES string of the molecule is Cc1cnc(CN2CCC(Cn3nc(C(C)(C)C)ccc3=O)CC2)cn1. The summed E-state index contributed by atoms with van der Waals surface area (Å²) in [7, 11) is 0. The first kappa shape index (κ1) is 18.7. The van der Waals surface area contributed by atoms with E-state index < -0.39 is 0 Å². The molecule has 6 nitrogen and oxygen atoms in total. The average Bonchev–Trinajstić information content (AvgIpc) is 2.59. The number of likely N-dealkylation sites (tertiary alicyclic amines) is 1. The fourth-order valence-electron chi connectivity index (χ4n) is 3.28. The molecule has 3 rings (SSSR count). The van der Waals surface area contributed by atoms with Gasteiger partial charge in [0.2, 0.25) is 0 Å². The van der Waals surface area contributed by atoms with Crippen LogP contribution in [0.4, 0.5) is 0 Å². The molecule has 1 aliphatic rings. The van der Waals surface area contributed by atoms with Gasteiger partial charge in [-0.15, -0.1) is 0 Å². The molecule has 3 heterocycles. The molecule has 0 spiro atoms. The summed E-state index contributed by atoms with van der Waals surface area (Å²) >= 11 is 0. The quantitative estimate of drug-likeness (QED) is 0.843. The average molecular weight is 355 g/mol. The van der Waals surface area contributed by atoms with Crippen LogP contribution in [0.2, 0.25) is 0 Å². The number of piperidine rings is 1. The molecule has 1 fully saturated rings. The zero-order valence-corrected chi connectivity index (χ0v) is 16.3. The smallest absolute Gasteiger partial charge is 0.266 e. The van der Waals surface area contributed by atoms with Gasteiger partial charge in [-0.1, -0.05) is 20.8 Å². The van der Waals surface area contributed by atoms with Gasteiger partial charge in [0, 0.05) is 37.0 Å². The molecule has 140 valence electrons. The summed E-state index contributed by atoms with van der Waals surface area (Å²) in [5.74, 6) is 0.496. The van der Waals surface area contributed by atoms with Crippen LogP contribution >= 0.6 is 0 Å². The molecule has 2 aromatic rings. The van der Waals surface area contributed by atoms with Gasteiger partial charge in [0.25, 0.3) is 5.56 Å². The maximum Gasteiger partial charge on any atom is 0.266 e. The highest BCUT2D eigenvalue weighted by Gasteiger charge is 2.22. The molecule has 1 saturated heterocycles. The molecular formula is C20H29N5O. The largest absolute Gasteiger partial charge is 0.297 e. The van der Waals surface area contributed by atoms with Gasteiger partial charge >= 0.3 is 0 Å². The van der Waals surface area contributed by atoms with E-state index >= 15 is 0 Å². The van der Waals surface area contributed by atoms with E-state index in [2.05, 4.69) is 40.7 Å². The first-order chi connectivity index (χ1) is 12.3. The van der Waals surface area contributed by atoms with E-state index in [9.17, 15) is 4.79 Å². The van der Waals surface area contributed by atoms with Crippen molar-refractivity contribution in [2.75, 3.05) is 13.1 Å². The lowest BCUT2D eigenvalue weighted by atomic mass is 9.92. The number of rotatable bonds is 4. The Morgan fingerprint density at radius 2 is 1.85 bits per heavy atom. The van der Waals surface area contributed by atoms with Crippen LogP contribution in [0.5, 0.6) is 0 Å². The highest BCUT2D eigenvalue weighted by atomic mass is 16.1. The lowest BCUT2D eigenvalue weighted by Crippen LogP contribution is -2.37. The molecule has 26 heavy (non-hydrogen) atoms. The number of nitrogens with zero attached hydrogens (tertiary/aromatic N) is 5. The third-order valence-corrected chi connectivity index (χ3v) is 4.99. The minimum atomic E-state index is -0.0477. The summed E-state index contributed by atoms with van der Waals surface area (Å²) in [6.07, 6.45) is 5.84. The van der Waals surface area contributed by atoms with Crippen molar-refractivity contribution >= 4 is 0 Å². The van der Waals surface area contributed by atoms with Crippen molar-refractivity contribution in [3.63, 3.8) is 0 Å². The monoisotopic (exact) mass is 355 g/mol. The topological polar surface area (TPSA) is 63.9 Å². The molecule has 6 heteroatoms. The molecule has 2 aromatic heterocycles. The van der Waals surface area contributed by atoms with Gasteiger partial charge in [-0.05, 0) is 44.8 Å². The highest BCUT2D eigenvalue weighted by Crippen LogP contribution is 2.21. The zero-order chi connectivity index (χ0) is 18.7. The van der Waals surface area contributed by atoms with Crippen LogP contribution < -0.4 is 5.56 Å². The molecule has 0 saturated carbocycles. The van der Waals surface area contributed by atoms with E-state index in [1.54, 1.807) is 10.7 Å². The van der Waals surface area contributed by atoms with Crippen LogP contribution in [0.1, 0.15) is 50.7 Å². The highest BCUT2D eigenvalue weighted by molar-refractivity contribution is 5.10. The Bertz CT molecular complexity index is 783. The van der Waals surface area contributed by atoms with Crippen molar-refractivity contribution in [2.45, 2.75) is 59.0 Å². The van der Waals surface area contributed by atoms with Gasteiger partial charge in [-0.2, -0.15) is 5.10 Å². The van der Waals surface area contributed by atoms with E-state index in [1.165, 1.54) is 0 Å². The standard InChI is InChI=1S/C20H29N5O/c1-15-11-22-17(12-21-15)14-24-9-7-16(8-10-24)13-25-19(26)6-5-18(23-25)20(2,3)4/h5-6,11-12,16H,7-10,13-14H2,1-4H3. The Kier molecular flexibility index (Phi) is 5.51. The number of aromatic nitrogens is 4. The van der Waals surface area contributed by atoms with Crippen molar-refractivity contribution in [3.8, 4) is 0 Å². The molecule has 0 N–H and O–H groups in total. The molecule has 1 aliphatic heterocycles. The summed E-state index contributed by atoms with van der Waals surface area (Å²) in [5.41, 5.74) is 2.88. The summed E-state index contributed by atoms with van der Waals surface area (Å²) in [6.45, 7) is 11.9. The van der Waals surface area contributed by atoms with Gasteiger partial charge in [0.05, 0.1) is 17.1 Å². The van der Waals surface area contributed by atoms with Crippen LogP contribution in [0, 0.1) is 12.8 Å². The fourth-order valence-corrected chi connectivity index (χ4v) is 3.28. The van der Waals surface area contributed by atoms with Gasteiger partial charge in [-0.25, -0.2) is 4.68 Å². The Labute approximate surface area is 155 Å². The second kappa shape index (κ2) is 7.66. The molecule has 0 bridgehead atoms. The summed E-state index contributed by atoms with van der Waals surface area (Å²) in [6, 6.07) is 3.50. The number of hydrogen-bond donors (Lipinski definition) is 0. The molecule has 0 unspecified atom stereocenters. The van der Waals surface area contributed by atoms with E-state index in [1.807, 2.05) is 25.4 Å². The summed E-state index contributed by atoms with van der Waals surface area (Å²) in [5, 5.41) is 4.60. The maximum atomic E-state index is 12.2.